The highest BCUT2D eigenvalue weighted by Crippen LogP contribution is 2.27. The van der Waals surface area contributed by atoms with E-state index in [0.29, 0.717) is 11.4 Å². The Bertz CT molecular complexity index is 545. The Morgan fingerprint density at radius 1 is 1.14 bits per heavy atom. The fraction of sp³-hybridized carbons (Fsp3) is 0.529. The van der Waals surface area contributed by atoms with E-state index in [2.05, 4.69) is 31.4 Å². The Morgan fingerprint density at radius 3 is 2.32 bits per heavy atom. The van der Waals surface area contributed by atoms with Crippen LogP contribution in [0.3, 0.4) is 0 Å². The van der Waals surface area contributed by atoms with Crippen molar-refractivity contribution >= 4 is 17.7 Å². The van der Waals surface area contributed by atoms with Gasteiger partial charge in [0.15, 0.2) is 0 Å². The number of rotatable bonds is 4. The number of carbonyl (C=O) groups is 2. The van der Waals surface area contributed by atoms with E-state index >= 15 is 0 Å². The number of benzene rings is 1. The van der Waals surface area contributed by atoms with Crippen LogP contribution in [0, 0.1) is 5.41 Å². The summed E-state index contributed by atoms with van der Waals surface area (Å²) in [6.07, 6.45) is 0.848. The SMILES string of the molecule is CC(=O)Oc1cccc(NC(=O)NC(C)(C)CC(C)(C)C)c1. The smallest absolute Gasteiger partial charge is 0.319 e. The van der Waals surface area contributed by atoms with Gasteiger partial charge in [0.05, 0.1) is 0 Å². The van der Waals surface area contributed by atoms with Crippen molar-refractivity contribution in [3.63, 3.8) is 0 Å². The Balaban J connectivity index is 2.67. The number of carbonyl (C=O) groups excluding carboxylic acids is 2. The van der Waals surface area contributed by atoms with Crippen molar-refractivity contribution in [2.24, 2.45) is 5.41 Å². The van der Waals surface area contributed by atoms with Crippen LogP contribution in [-0.2, 0) is 4.79 Å². The molecule has 0 saturated carbocycles. The molecule has 1 rings (SSSR count). The Hall–Kier alpha value is -2.04. The number of amides is 2. The number of hydrogen-bond acceptors (Lipinski definition) is 3. The van der Waals surface area contributed by atoms with E-state index in [-0.39, 0.29) is 17.0 Å². The molecule has 2 N–H and O–H groups in total. The molecule has 0 aliphatic rings. The van der Waals surface area contributed by atoms with Crippen molar-refractivity contribution < 1.29 is 14.3 Å². The van der Waals surface area contributed by atoms with Gasteiger partial charge in [0, 0.05) is 24.2 Å². The summed E-state index contributed by atoms with van der Waals surface area (Å²) >= 11 is 0. The molecule has 0 aliphatic carbocycles. The molecule has 22 heavy (non-hydrogen) atoms. The average Bonchev–Trinajstić information content (AvgIpc) is 2.22. The van der Waals surface area contributed by atoms with E-state index in [9.17, 15) is 9.59 Å². The van der Waals surface area contributed by atoms with Gasteiger partial charge in [0.2, 0.25) is 0 Å². The van der Waals surface area contributed by atoms with Gasteiger partial charge in [-0.25, -0.2) is 4.79 Å². The molecule has 0 bridgehead atoms. The van der Waals surface area contributed by atoms with Crippen LogP contribution < -0.4 is 15.4 Å². The average molecular weight is 306 g/mol. The number of ether oxygens (including phenoxy) is 1. The van der Waals surface area contributed by atoms with E-state index in [4.69, 9.17) is 4.74 Å². The third-order valence-corrected chi connectivity index (χ3v) is 2.78. The first-order valence-electron chi connectivity index (χ1n) is 7.34. The standard InChI is InChI=1S/C17H26N2O3/c1-12(20)22-14-9-7-8-13(10-14)18-15(21)19-17(5,6)11-16(2,3)4/h7-10H,11H2,1-6H3,(H2,18,19,21). The lowest BCUT2D eigenvalue weighted by Gasteiger charge is -2.33. The van der Waals surface area contributed by atoms with Crippen LogP contribution >= 0.6 is 0 Å². The molecule has 1 aromatic carbocycles. The molecular weight excluding hydrogens is 280 g/mol. The van der Waals surface area contributed by atoms with Gasteiger partial charge in [-0.15, -0.1) is 0 Å². The summed E-state index contributed by atoms with van der Waals surface area (Å²) in [5, 5.41) is 5.72. The van der Waals surface area contributed by atoms with Crippen LogP contribution in [0.2, 0.25) is 0 Å². The van der Waals surface area contributed by atoms with Crippen LogP contribution in [-0.4, -0.2) is 17.5 Å². The molecule has 122 valence electrons. The van der Waals surface area contributed by atoms with Crippen molar-refractivity contribution in [2.45, 2.75) is 53.5 Å². The number of urea groups is 1. The van der Waals surface area contributed by atoms with Gasteiger partial charge < -0.3 is 15.4 Å². The summed E-state index contributed by atoms with van der Waals surface area (Å²) in [6, 6.07) is 6.44. The summed E-state index contributed by atoms with van der Waals surface area (Å²) < 4.78 is 4.99. The lowest BCUT2D eigenvalue weighted by Crippen LogP contribution is -2.47. The maximum Gasteiger partial charge on any atom is 0.319 e. The highest BCUT2D eigenvalue weighted by atomic mass is 16.5. The second kappa shape index (κ2) is 6.81. The van der Waals surface area contributed by atoms with Crippen LogP contribution in [0.5, 0.6) is 5.75 Å². The Kier molecular flexibility index (Phi) is 5.58. The zero-order valence-corrected chi connectivity index (χ0v) is 14.2. The van der Waals surface area contributed by atoms with Crippen molar-refractivity contribution in [2.75, 3.05) is 5.32 Å². The Morgan fingerprint density at radius 2 is 1.77 bits per heavy atom. The topological polar surface area (TPSA) is 67.4 Å². The molecule has 2 amide bonds. The fourth-order valence-electron chi connectivity index (χ4n) is 2.64. The summed E-state index contributed by atoms with van der Waals surface area (Å²) in [4.78, 5) is 23.1. The van der Waals surface area contributed by atoms with Crippen LogP contribution in [0.15, 0.2) is 24.3 Å². The second-order valence-corrected chi connectivity index (χ2v) is 7.32. The zero-order valence-electron chi connectivity index (χ0n) is 14.2. The van der Waals surface area contributed by atoms with E-state index in [1.807, 2.05) is 13.8 Å². The molecule has 0 saturated heterocycles. The molecule has 0 atom stereocenters. The van der Waals surface area contributed by atoms with Crippen LogP contribution in [0.1, 0.15) is 48.0 Å². The minimum absolute atomic E-state index is 0.117. The van der Waals surface area contributed by atoms with E-state index in [1.165, 1.54) is 6.92 Å². The highest BCUT2D eigenvalue weighted by Gasteiger charge is 2.26. The van der Waals surface area contributed by atoms with Gasteiger partial charge >= 0.3 is 12.0 Å². The quantitative estimate of drug-likeness (QED) is 0.654. The maximum atomic E-state index is 12.1. The van der Waals surface area contributed by atoms with Crippen molar-refractivity contribution in [1.29, 1.82) is 0 Å². The molecule has 0 spiro atoms. The third kappa shape index (κ3) is 7.11. The summed E-state index contributed by atoms with van der Waals surface area (Å²) in [5.74, 6) is 0.00663. The number of hydrogen-bond donors (Lipinski definition) is 2. The molecule has 5 nitrogen and oxygen atoms in total. The molecule has 0 fully saturated rings. The first-order valence-corrected chi connectivity index (χ1v) is 7.34. The van der Waals surface area contributed by atoms with Gasteiger partial charge in [-0.1, -0.05) is 26.8 Å². The predicted molar refractivity (Wildman–Crippen MR) is 88.1 cm³/mol. The molecule has 0 unspecified atom stereocenters. The van der Waals surface area contributed by atoms with Crippen molar-refractivity contribution in [3.05, 3.63) is 24.3 Å². The number of nitrogens with one attached hydrogen (secondary N) is 2. The molecule has 0 aromatic heterocycles. The summed E-state index contributed by atoms with van der Waals surface area (Å²) in [6.45, 7) is 11.7. The largest absolute Gasteiger partial charge is 0.427 e. The minimum atomic E-state index is -0.395. The van der Waals surface area contributed by atoms with E-state index < -0.39 is 5.97 Å². The van der Waals surface area contributed by atoms with Gasteiger partial charge in [-0.2, -0.15) is 0 Å². The molecular formula is C17H26N2O3. The first-order chi connectivity index (χ1) is 9.97. The monoisotopic (exact) mass is 306 g/mol. The normalized spacial score (nSPS) is 11.7. The maximum absolute atomic E-state index is 12.1. The van der Waals surface area contributed by atoms with E-state index in [1.54, 1.807) is 24.3 Å². The zero-order chi connectivity index (χ0) is 17.0. The first kappa shape index (κ1) is 18.0. The second-order valence-electron chi connectivity index (χ2n) is 7.32. The van der Waals surface area contributed by atoms with Crippen LogP contribution in [0.4, 0.5) is 10.5 Å². The predicted octanol–water partition coefficient (Wildman–Crippen LogP) is 3.95. The third-order valence-electron chi connectivity index (χ3n) is 2.78. The Labute approximate surface area is 132 Å². The van der Waals surface area contributed by atoms with Gasteiger partial charge in [0.25, 0.3) is 0 Å². The van der Waals surface area contributed by atoms with Gasteiger partial charge in [-0.05, 0) is 37.8 Å². The summed E-state index contributed by atoms with van der Waals surface area (Å²) in [5.41, 5.74) is 0.366. The highest BCUT2D eigenvalue weighted by molar-refractivity contribution is 5.90. The van der Waals surface area contributed by atoms with Crippen molar-refractivity contribution in [3.8, 4) is 5.75 Å². The van der Waals surface area contributed by atoms with Gasteiger partial charge in [-0.3, -0.25) is 4.79 Å². The lowest BCUT2D eigenvalue weighted by atomic mass is 9.82. The number of anilines is 1. The van der Waals surface area contributed by atoms with Crippen molar-refractivity contribution in [1.82, 2.24) is 5.32 Å². The van der Waals surface area contributed by atoms with E-state index in [0.717, 1.165) is 6.42 Å². The number of esters is 1. The molecule has 5 heteroatoms. The molecule has 0 heterocycles. The lowest BCUT2D eigenvalue weighted by molar-refractivity contribution is -0.131. The molecule has 0 radical (unpaired) electrons. The van der Waals surface area contributed by atoms with Crippen LogP contribution in [0.25, 0.3) is 0 Å². The fourth-order valence-corrected chi connectivity index (χ4v) is 2.64. The van der Waals surface area contributed by atoms with Gasteiger partial charge in [0.1, 0.15) is 5.75 Å². The minimum Gasteiger partial charge on any atom is -0.427 e. The molecule has 0 aliphatic heterocycles. The summed E-state index contributed by atoms with van der Waals surface area (Å²) in [7, 11) is 0. The molecule has 1 aromatic rings.